The van der Waals surface area contributed by atoms with Gasteiger partial charge in [-0.2, -0.15) is 0 Å². The first-order chi connectivity index (χ1) is 9.81. The fraction of sp³-hybridized carbons (Fsp3) is 0.500. The first-order valence-electron chi connectivity index (χ1n) is 7.40. The summed E-state index contributed by atoms with van der Waals surface area (Å²) in [6, 6.07) is 8.01. The van der Waals surface area contributed by atoms with Gasteiger partial charge in [0.15, 0.2) is 0 Å². The van der Waals surface area contributed by atoms with E-state index in [1.54, 1.807) is 6.92 Å². The molecule has 0 aliphatic rings. The Hall–Kier alpha value is -1.79. The molecular formula is C18H25NO2. The van der Waals surface area contributed by atoms with Crippen molar-refractivity contribution >= 4 is 5.91 Å². The van der Waals surface area contributed by atoms with E-state index in [1.807, 2.05) is 32.0 Å². The second-order valence-electron chi connectivity index (χ2n) is 5.84. The van der Waals surface area contributed by atoms with Gasteiger partial charge in [0.1, 0.15) is 5.60 Å². The van der Waals surface area contributed by atoms with Gasteiger partial charge < -0.3 is 10.4 Å². The molecule has 0 aromatic heterocycles. The Morgan fingerprint density at radius 2 is 2.14 bits per heavy atom. The molecule has 0 aliphatic heterocycles. The molecule has 0 fully saturated rings. The van der Waals surface area contributed by atoms with Crippen molar-refractivity contribution in [2.45, 2.75) is 46.1 Å². The Labute approximate surface area is 127 Å². The van der Waals surface area contributed by atoms with E-state index in [-0.39, 0.29) is 11.8 Å². The van der Waals surface area contributed by atoms with Crippen LogP contribution in [0.3, 0.4) is 0 Å². The number of hydrogen-bond acceptors (Lipinski definition) is 2. The summed E-state index contributed by atoms with van der Waals surface area (Å²) in [5.74, 6) is 6.07. The van der Waals surface area contributed by atoms with Gasteiger partial charge in [-0.3, -0.25) is 4.79 Å². The zero-order chi connectivity index (χ0) is 15.9. The van der Waals surface area contributed by atoms with Gasteiger partial charge in [0.05, 0.1) is 0 Å². The van der Waals surface area contributed by atoms with Crippen LogP contribution in [0.1, 0.15) is 45.2 Å². The van der Waals surface area contributed by atoms with E-state index in [4.69, 9.17) is 0 Å². The molecule has 0 bridgehead atoms. The predicted molar refractivity (Wildman–Crippen MR) is 85.8 cm³/mol. The minimum Gasteiger partial charge on any atom is -0.378 e. The van der Waals surface area contributed by atoms with Crippen molar-refractivity contribution in [1.82, 2.24) is 5.32 Å². The van der Waals surface area contributed by atoms with Crippen molar-refractivity contribution in [3.05, 3.63) is 35.4 Å². The lowest BCUT2D eigenvalue weighted by molar-refractivity contribution is -0.118. The highest BCUT2D eigenvalue weighted by Crippen LogP contribution is 2.15. The third kappa shape index (κ3) is 6.46. The maximum atomic E-state index is 10.8. The first kappa shape index (κ1) is 17.3. The summed E-state index contributed by atoms with van der Waals surface area (Å²) in [7, 11) is 0. The second-order valence-corrected chi connectivity index (χ2v) is 5.84. The van der Waals surface area contributed by atoms with Crippen LogP contribution in [-0.2, 0) is 11.2 Å². The van der Waals surface area contributed by atoms with Crippen LogP contribution in [0.5, 0.6) is 0 Å². The van der Waals surface area contributed by atoms with Gasteiger partial charge in [-0.1, -0.05) is 37.8 Å². The summed E-state index contributed by atoms with van der Waals surface area (Å²) in [6.07, 6.45) is 1.80. The van der Waals surface area contributed by atoms with Crippen LogP contribution in [0.25, 0.3) is 0 Å². The summed E-state index contributed by atoms with van der Waals surface area (Å²) < 4.78 is 0. The molecule has 0 radical (unpaired) electrons. The summed E-state index contributed by atoms with van der Waals surface area (Å²) in [5.41, 5.74) is 1.13. The highest BCUT2D eigenvalue weighted by Gasteiger charge is 2.21. The molecule has 1 aromatic carbocycles. The average Bonchev–Trinajstić information content (AvgIpc) is 2.42. The molecule has 1 aromatic rings. The highest BCUT2D eigenvalue weighted by atomic mass is 16.3. The highest BCUT2D eigenvalue weighted by molar-refractivity contribution is 5.72. The zero-order valence-electron chi connectivity index (χ0n) is 13.4. The Kier molecular flexibility index (Phi) is 6.45. The van der Waals surface area contributed by atoms with Crippen LogP contribution < -0.4 is 5.32 Å². The van der Waals surface area contributed by atoms with Crippen LogP contribution in [0.15, 0.2) is 24.3 Å². The van der Waals surface area contributed by atoms with Gasteiger partial charge in [0.2, 0.25) is 5.91 Å². The number of amides is 1. The molecule has 114 valence electrons. The number of hydrogen-bond donors (Lipinski definition) is 2. The van der Waals surface area contributed by atoms with E-state index in [9.17, 15) is 9.90 Å². The zero-order valence-corrected chi connectivity index (χ0v) is 13.4. The number of aliphatic hydroxyl groups is 1. The van der Waals surface area contributed by atoms with Crippen LogP contribution in [0, 0.1) is 17.8 Å². The number of benzene rings is 1. The number of carbonyl (C=O) groups is 1. The summed E-state index contributed by atoms with van der Waals surface area (Å²) >= 11 is 0. The van der Waals surface area contributed by atoms with Crippen molar-refractivity contribution in [3.8, 4) is 11.8 Å². The SMILES string of the molecule is CC(=O)NCCCc1cccc(C#CC(C)(O)C(C)C)c1. The average molecular weight is 287 g/mol. The normalized spacial score (nSPS) is 13.2. The Morgan fingerprint density at radius 1 is 1.43 bits per heavy atom. The largest absolute Gasteiger partial charge is 0.378 e. The molecule has 3 nitrogen and oxygen atoms in total. The fourth-order valence-corrected chi connectivity index (χ4v) is 1.70. The standard InChI is InChI=1S/C18H25NO2/c1-14(2)18(4,21)11-10-17-8-5-7-16(13-17)9-6-12-19-15(3)20/h5,7-8,13-14,21H,6,9,12H2,1-4H3,(H,19,20). The van der Waals surface area contributed by atoms with Crippen LogP contribution >= 0.6 is 0 Å². The van der Waals surface area contributed by atoms with E-state index in [2.05, 4.69) is 23.2 Å². The molecule has 1 unspecified atom stereocenters. The maximum Gasteiger partial charge on any atom is 0.216 e. The predicted octanol–water partition coefficient (Wildman–Crippen LogP) is 2.51. The Morgan fingerprint density at radius 3 is 2.76 bits per heavy atom. The lowest BCUT2D eigenvalue weighted by atomic mass is 9.93. The monoisotopic (exact) mass is 287 g/mol. The number of nitrogens with one attached hydrogen (secondary N) is 1. The van der Waals surface area contributed by atoms with E-state index < -0.39 is 5.60 Å². The molecule has 0 spiro atoms. The number of rotatable bonds is 5. The molecule has 21 heavy (non-hydrogen) atoms. The smallest absolute Gasteiger partial charge is 0.216 e. The van der Waals surface area contributed by atoms with Gasteiger partial charge in [0.25, 0.3) is 0 Å². The topological polar surface area (TPSA) is 49.3 Å². The van der Waals surface area contributed by atoms with Crippen molar-refractivity contribution < 1.29 is 9.90 Å². The Bertz CT molecular complexity index is 536. The van der Waals surface area contributed by atoms with Gasteiger partial charge in [-0.15, -0.1) is 0 Å². The van der Waals surface area contributed by atoms with Crippen molar-refractivity contribution in [3.63, 3.8) is 0 Å². The summed E-state index contributed by atoms with van der Waals surface area (Å²) in [4.78, 5) is 10.8. The van der Waals surface area contributed by atoms with Gasteiger partial charge in [-0.05, 0) is 43.4 Å². The second kappa shape index (κ2) is 7.85. The molecular weight excluding hydrogens is 262 g/mol. The third-order valence-corrected chi connectivity index (χ3v) is 3.53. The van der Waals surface area contributed by atoms with Crippen molar-refractivity contribution in [2.75, 3.05) is 6.54 Å². The minimum absolute atomic E-state index is 0.00512. The molecule has 2 N–H and O–H groups in total. The van der Waals surface area contributed by atoms with Crippen LogP contribution in [0.4, 0.5) is 0 Å². The lowest BCUT2D eigenvalue weighted by Gasteiger charge is -2.20. The van der Waals surface area contributed by atoms with Gasteiger partial charge in [0, 0.05) is 19.0 Å². The first-order valence-corrected chi connectivity index (χ1v) is 7.40. The van der Waals surface area contributed by atoms with Crippen LogP contribution in [-0.4, -0.2) is 23.2 Å². The molecule has 0 aliphatic carbocycles. The number of aryl methyl sites for hydroxylation is 1. The van der Waals surface area contributed by atoms with E-state index >= 15 is 0 Å². The van der Waals surface area contributed by atoms with Crippen LogP contribution in [0.2, 0.25) is 0 Å². The van der Waals surface area contributed by atoms with E-state index in [1.165, 1.54) is 12.5 Å². The Balaban J connectivity index is 2.65. The van der Waals surface area contributed by atoms with Crippen molar-refractivity contribution in [2.24, 2.45) is 5.92 Å². The molecule has 0 saturated carbocycles. The molecule has 0 heterocycles. The molecule has 3 heteroatoms. The maximum absolute atomic E-state index is 10.8. The minimum atomic E-state index is -0.971. The number of carbonyl (C=O) groups excluding carboxylic acids is 1. The molecule has 1 amide bonds. The quantitative estimate of drug-likeness (QED) is 0.646. The molecule has 1 atom stereocenters. The fourth-order valence-electron chi connectivity index (χ4n) is 1.70. The summed E-state index contributed by atoms with van der Waals surface area (Å²) in [6.45, 7) is 7.85. The van der Waals surface area contributed by atoms with Gasteiger partial charge in [-0.25, -0.2) is 0 Å². The van der Waals surface area contributed by atoms with E-state index in [0.29, 0.717) is 6.54 Å². The molecule has 1 rings (SSSR count). The molecule has 0 saturated heterocycles. The van der Waals surface area contributed by atoms with Gasteiger partial charge >= 0.3 is 0 Å². The van der Waals surface area contributed by atoms with Crippen molar-refractivity contribution in [1.29, 1.82) is 0 Å². The van der Waals surface area contributed by atoms with E-state index in [0.717, 1.165) is 18.4 Å². The summed E-state index contributed by atoms with van der Waals surface area (Å²) in [5, 5.41) is 12.9. The third-order valence-electron chi connectivity index (χ3n) is 3.53. The lowest BCUT2D eigenvalue weighted by Crippen LogP contribution is -2.28.